The van der Waals surface area contributed by atoms with Crippen LogP contribution in [-0.2, 0) is 0 Å². The van der Waals surface area contributed by atoms with Gasteiger partial charge in [-0.15, -0.1) is 0 Å². The molecule has 0 radical (unpaired) electrons. The van der Waals surface area contributed by atoms with Gasteiger partial charge in [0.2, 0.25) is 0 Å². The Bertz CT molecular complexity index is 21.2. The predicted molar refractivity (Wildman–Crippen MR) is 23.9 cm³/mol. The van der Waals surface area contributed by atoms with Crippen LogP contribution in [0.4, 0.5) is 0 Å². The first-order chi connectivity index (χ1) is 1.91. The summed E-state index contributed by atoms with van der Waals surface area (Å²) in [7, 11) is 2.22. The van der Waals surface area contributed by atoms with Gasteiger partial charge in [0, 0.05) is 0 Å². The van der Waals surface area contributed by atoms with Crippen molar-refractivity contribution < 1.29 is 0 Å². The first-order valence-electron chi connectivity index (χ1n) is 1.09. The summed E-state index contributed by atoms with van der Waals surface area (Å²) in [6.07, 6.45) is 1.71. The fraction of sp³-hybridized carbons (Fsp3) is 0.500. The van der Waals surface area contributed by atoms with E-state index in [1.54, 1.807) is 6.21 Å². The van der Waals surface area contributed by atoms with Gasteiger partial charge in [-0.25, -0.2) is 0 Å². The van der Waals surface area contributed by atoms with Crippen LogP contribution >= 0.6 is 9.39 Å². The van der Waals surface area contributed by atoms with Crippen molar-refractivity contribution in [1.82, 2.24) is 0 Å². The SMILES string of the molecule is CC=NP. The predicted octanol–water partition coefficient (Wildman–Crippen LogP) is 0.867. The molecule has 0 rings (SSSR count). The lowest BCUT2D eigenvalue weighted by atomic mass is 10.9. The standard InChI is InChI=1S/C2H6NP/c1-2-3-4/h2H,4H2,1H3. The van der Waals surface area contributed by atoms with Crippen LogP contribution in [0, 0.1) is 0 Å². The molecule has 0 aromatic heterocycles. The minimum atomic E-state index is 1.71. The van der Waals surface area contributed by atoms with Gasteiger partial charge < -0.3 is 0 Å². The second-order valence-electron chi connectivity index (χ2n) is 0.407. The summed E-state index contributed by atoms with van der Waals surface area (Å²) < 4.78 is 3.53. The third kappa shape index (κ3) is 2.10. The summed E-state index contributed by atoms with van der Waals surface area (Å²) >= 11 is 0. The van der Waals surface area contributed by atoms with Crippen molar-refractivity contribution in [2.75, 3.05) is 0 Å². The molecule has 1 unspecified atom stereocenters. The molecule has 0 amide bonds. The minimum absolute atomic E-state index is 1.71. The maximum atomic E-state index is 3.53. The molecule has 24 valence electrons. The van der Waals surface area contributed by atoms with Gasteiger partial charge in [0.25, 0.3) is 0 Å². The summed E-state index contributed by atoms with van der Waals surface area (Å²) in [6.45, 7) is 1.87. The van der Waals surface area contributed by atoms with Crippen molar-refractivity contribution in [3.05, 3.63) is 0 Å². The zero-order valence-electron chi connectivity index (χ0n) is 2.60. The van der Waals surface area contributed by atoms with Gasteiger partial charge in [0.15, 0.2) is 0 Å². The van der Waals surface area contributed by atoms with Gasteiger partial charge in [-0.2, -0.15) is 0 Å². The molecule has 2 heteroatoms. The first-order valence-corrected chi connectivity index (χ1v) is 1.61. The largest absolute Gasteiger partial charge is 0.281 e. The molecule has 1 nitrogen and oxygen atoms in total. The van der Waals surface area contributed by atoms with E-state index in [1.807, 2.05) is 6.92 Å². The van der Waals surface area contributed by atoms with E-state index in [1.165, 1.54) is 0 Å². The molecular formula is C2H6NP. The van der Waals surface area contributed by atoms with E-state index in [2.05, 4.69) is 14.2 Å². The fourth-order valence-corrected chi connectivity index (χ4v) is 0. The molecule has 0 N–H and O–H groups in total. The highest BCUT2D eigenvalue weighted by Crippen LogP contribution is 1.72. The van der Waals surface area contributed by atoms with Crippen LogP contribution in [0.3, 0.4) is 0 Å². The Morgan fingerprint density at radius 3 is 2.25 bits per heavy atom. The van der Waals surface area contributed by atoms with Gasteiger partial charge in [-0.1, -0.05) is 0 Å². The lowest BCUT2D eigenvalue weighted by Crippen LogP contribution is -1.38. The zero-order chi connectivity index (χ0) is 3.41. The molecule has 0 heterocycles. The summed E-state index contributed by atoms with van der Waals surface area (Å²) in [5.41, 5.74) is 0. The smallest absolute Gasteiger partial charge is 0.000659 e. The van der Waals surface area contributed by atoms with Crippen molar-refractivity contribution in [2.45, 2.75) is 6.92 Å². The maximum Gasteiger partial charge on any atom is -0.000659 e. The normalized spacial score (nSPS) is 9.50. The van der Waals surface area contributed by atoms with Crippen LogP contribution in [0.5, 0.6) is 0 Å². The summed E-state index contributed by atoms with van der Waals surface area (Å²) in [5, 5.41) is 0. The van der Waals surface area contributed by atoms with Gasteiger partial charge in [0.05, 0.1) is 0 Å². The monoisotopic (exact) mass is 75.0 g/mol. The highest BCUT2D eigenvalue weighted by atomic mass is 31.0. The summed E-state index contributed by atoms with van der Waals surface area (Å²) in [5.74, 6) is 0. The third-order valence-electron chi connectivity index (χ3n) is 0.149. The van der Waals surface area contributed by atoms with Gasteiger partial charge >= 0.3 is 0 Å². The molecule has 0 aromatic rings. The van der Waals surface area contributed by atoms with Crippen LogP contribution in [-0.4, -0.2) is 6.21 Å². The molecule has 0 saturated carbocycles. The lowest BCUT2D eigenvalue weighted by molar-refractivity contribution is 1.89. The number of nitrogens with zero attached hydrogens (tertiary/aromatic N) is 1. The van der Waals surface area contributed by atoms with Crippen LogP contribution in [0.1, 0.15) is 6.92 Å². The van der Waals surface area contributed by atoms with Crippen LogP contribution in [0.2, 0.25) is 0 Å². The van der Waals surface area contributed by atoms with Crippen LogP contribution in [0.25, 0.3) is 0 Å². The third-order valence-corrected chi connectivity index (χ3v) is 0.447. The Morgan fingerprint density at radius 2 is 2.25 bits per heavy atom. The molecule has 4 heavy (non-hydrogen) atoms. The first kappa shape index (κ1) is 4.10. The van der Waals surface area contributed by atoms with E-state index >= 15 is 0 Å². The molecule has 0 aliphatic carbocycles. The number of rotatable bonds is 0. The topological polar surface area (TPSA) is 12.4 Å². The van der Waals surface area contributed by atoms with E-state index in [-0.39, 0.29) is 0 Å². The molecule has 1 atom stereocenters. The molecule has 0 saturated heterocycles. The highest BCUT2D eigenvalue weighted by Gasteiger charge is 1.32. The Kier molecular flexibility index (Phi) is 3.18. The molecule has 0 fully saturated rings. The van der Waals surface area contributed by atoms with Gasteiger partial charge in [0.1, 0.15) is 0 Å². The average molecular weight is 75.1 g/mol. The van der Waals surface area contributed by atoms with E-state index in [9.17, 15) is 0 Å². The van der Waals surface area contributed by atoms with Crippen molar-refractivity contribution in [2.24, 2.45) is 4.76 Å². The zero-order valence-corrected chi connectivity index (χ0v) is 3.76. The lowest BCUT2D eigenvalue weighted by Gasteiger charge is -1.53. The molecule has 0 spiro atoms. The molecule has 0 bridgehead atoms. The van der Waals surface area contributed by atoms with E-state index in [0.717, 1.165) is 0 Å². The maximum absolute atomic E-state index is 3.53. The summed E-state index contributed by atoms with van der Waals surface area (Å²) in [4.78, 5) is 0. The van der Waals surface area contributed by atoms with Crippen molar-refractivity contribution in [3.8, 4) is 0 Å². The second kappa shape index (κ2) is 3.10. The van der Waals surface area contributed by atoms with E-state index in [4.69, 9.17) is 0 Å². The number of hydrogen-bond acceptors (Lipinski definition) is 1. The quantitative estimate of drug-likeness (QED) is 0.299. The second-order valence-corrected chi connectivity index (χ2v) is 0.705. The van der Waals surface area contributed by atoms with E-state index < -0.39 is 0 Å². The number of hydrogen-bond donors (Lipinski definition) is 0. The van der Waals surface area contributed by atoms with E-state index in [0.29, 0.717) is 0 Å². The Labute approximate surface area is 28.4 Å². The van der Waals surface area contributed by atoms with Gasteiger partial charge in [-0.3, -0.25) is 4.76 Å². The molecule has 0 aliphatic heterocycles. The van der Waals surface area contributed by atoms with Crippen molar-refractivity contribution in [3.63, 3.8) is 0 Å². The minimum Gasteiger partial charge on any atom is -0.281 e. The fourth-order valence-electron chi connectivity index (χ4n) is 0. The average Bonchev–Trinajstić information content (AvgIpc) is 1.37. The Balaban J connectivity index is 2.55. The van der Waals surface area contributed by atoms with Crippen molar-refractivity contribution in [1.29, 1.82) is 0 Å². The molecule has 0 aromatic carbocycles. The Morgan fingerprint density at radius 1 is 2.00 bits per heavy atom. The van der Waals surface area contributed by atoms with Crippen molar-refractivity contribution >= 4 is 15.6 Å². The van der Waals surface area contributed by atoms with Crippen LogP contribution < -0.4 is 0 Å². The van der Waals surface area contributed by atoms with Crippen LogP contribution in [0.15, 0.2) is 4.76 Å². The van der Waals surface area contributed by atoms with Gasteiger partial charge in [-0.05, 0) is 22.5 Å². The highest BCUT2D eigenvalue weighted by molar-refractivity contribution is 7.14. The molecule has 0 aliphatic rings. The Hall–Kier alpha value is 0.100. The summed E-state index contributed by atoms with van der Waals surface area (Å²) in [6, 6.07) is 0. The molecular weight excluding hydrogens is 69.0 g/mol.